The number of esters is 1. The van der Waals surface area contributed by atoms with E-state index in [9.17, 15) is 14.7 Å². The van der Waals surface area contributed by atoms with Crippen LogP contribution in [0.1, 0.15) is 30.0 Å². The number of ether oxygens (including phenoxy) is 2. The average Bonchev–Trinajstić information content (AvgIpc) is 3.58. The summed E-state index contributed by atoms with van der Waals surface area (Å²) >= 11 is 6.21. The van der Waals surface area contributed by atoms with Crippen molar-refractivity contribution in [1.82, 2.24) is 24.8 Å². The highest BCUT2D eigenvalue weighted by molar-refractivity contribution is 6.33. The summed E-state index contributed by atoms with van der Waals surface area (Å²) in [6.07, 6.45) is 2.02. The summed E-state index contributed by atoms with van der Waals surface area (Å²) in [6.45, 7) is 0.925. The molecule has 3 atom stereocenters. The predicted molar refractivity (Wildman–Crippen MR) is 137 cm³/mol. The highest BCUT2D eigenvalue weighted by Gasteiger charge is 2.54. The van der Waals surface area contributed by atoms with Crippen LogP contribution in [0.25, 0.3) is 22.3 Å². The zero-order valence-electron chi connectivity index (χ0n) is 20.4. The first kappa shape index (κ1) is 24.5. The Kier molecular flexibility index (Phi) is 6.10. The number of benzene rings is 2. The predicted octanol–water partition coefficient (Wildman–Crippen LogP) is 2.73. The number of halogens is 1. The van der Waals surface area contributed by atoms with Gasteiger partial charge in [-0.1, -0.05) is 54.1 Å². The molecule has 4 aromatic rings. The molecule has 1 aliphatic carbocycles. The molecule has 1 fully saturated rings. The number of rotatable bonds is 6. The second-order valence-electron chi connectivity index (χ2n) is 9.45. The van der Waals surface area contributed by atoms with E-state index in [1.54, 1.807) is 0 Å². The standard InChI is InChI=1S/C27H24ClN5O5/c1-15(35)37-22-11-19(12-34)38-27(22,33-14-31-24-25(28)29-13-30-26(24)33)32-23(36)9-16-6-7-18-10-17-4-2-3-5-20(17)21(18)8-16/h2-8,13-14,19,22,34H,9-12H2,1H3,(H,32,36)/t19-,22+,27-/m1/s1. The zero-order chi connectivity index (χ0) is 26.4. The normalized spacial score (nSPS) is 21.8. The Bertz CT molecular complexity index is 1570. The average molecular weight is 534 g/mol. The minimum Gasteiger partial charge on any atom is -0.455 e. The summed E-state index contributed by atoms with van der Waals surface area (Å²) in [4.78, 5) is 38.1. The highest BCUT2D eigenvalue weighted by atomic mass is 35.5. The van der Waals surface area contributed by atoms with Gasteiger partial charge in [0.2, 0.25) is 5.91 Å². The van der Waals surface area contributed by atoms with Crippen molar-refractivity contribution in [3.8, 4) is 11.1 Å². The monoisotopic (exact) mass is 533 g/mol. The van der Waals surface area contributed by atoms with E-state index >= 15 is 0 Å². The lowest BCUT2D eigenvalue weighted by Gasteiger charge is -2.35. The van der Waals surface area contributed by atoms with Gasteiger partial charge in [-0.05, 0) is 34.2 Å². The summed E-state index contributed by atoms with van der Waals surface area (Å²) in [6, 6.07) is 14.2. The minimum atomic E-state index is -1.72. The van der Waals surface area contributed by atoms with E-state index in [0.29, 0.717) is 0 Å². The van der Waals surface area contributed by atoms with Crippen LogP contribution in [0.3, 0.4) is 0 Å². The second kappa shape index (κ2) is 9.46. The van der Waals surface area contributed by atoms with Gasteiger partial charge in [0.25, 0.3) is 5.85 Å². The molecule has 194 valence electrons. The van der Waals surface area contributed by atoms with Crippen molar-refractivity contribution in [2.24, 2.45) is 0 Å². The molecule has 0 unspecified atom stereocenters. The quantitative estimate of drug-likeness (QED) is 0.252. The molecule has 0 spiro atoms. The third kappa shape index (κ3) is 4.10. The Morgan fingerprint density at radius 1 is 1.18 bits per heavy atom. The number of aliphatic hydroxyl groups excluding tert-OH is 1. The first-order valence-corrected chi connectivity index (χ1v) is 12.6. The Morgan fingerprint density at radius 2 is 2.00 bits per heavy atom. The van der Waals surface area contributed by atoms with Crippen LogP contribution in [0.2, 0.25) is 5.15 Å². The van der Waals surface area contributed by atoms with Crippen LogP contribution in [0.15, 0.2) is 55.1 Å². The van der Waals surface area contributed by atoms with Gasteiger partial charge in [-0.2, -0.15) is 0 Å². The first-order chi connectivity index (χ1) is 18.4. The van der Waals surface area contributed by atoms with Crippen molar-refractivity contribution in [1.29, 1.82) is 0 Å². The van der Waals surface area contributed by atoms with Crippen LogP contribution in [-0.2, 0) is 37.8 Å². The molecule has 2 aliphatic rings. The number of carbonyl (C=O) groups excluding carboxylic acids is 2. The summed E-state index contributed by atoms with van der Waals surface area (Å²) < 4.78 is 13.3. The molecule has 6 rings (SSSR count). The van der Waals surface area contributed by atoms with Gasteiger partial charge in [-0.25, -0.2) is 15.0 Å². The molecule has 1 amide bonds. The molecule has 2 aromatic carbocycles. The van der Waals surface area contributed by atoms with E-state index in [-0.39, 0.29) is 41.7 Å². The summed E-state index contributed by atoms with van der Waals surface area (Å²) in [5, 5.41) is 12.9. The lowest BCUT2D eigenvalue weighted by Crippen LogP contribution is -2.58. The number of aromatic nitrogens is 4. The van der Waals surface area contributed by atoms with Crippen molar-refractivity contribution in [2.45, 2.75) is 44.2 Å². The molecular weight excluding hydrogens is 510 g/mol. The number of hydrogen-bond acceptors (Lipinski definition) is 8. The zero-order valence-corrected chi connectivity index (χ0v) is 21.2. The van der Waals surface area contributed by atoms with Crippen LogP contribution >= 0.6 is 11.6 Å². The van der Waals surface area contributed by atoms with Crippen molar-refractivity contribution < 1.29 is 24.2 Å². The lowest BCUT2D eigenvalue weighted by molar-refractivity contribution is -0.191. The van der Waals surface area contributed by atoms with Crippen molar-refractivity contribution in [3.63, 3.8) is 0 Å². The SMILES string of the molecule is CC(=O)O[C@H]1C[C@H](CO)O[C@]1(NC(=O)Cc1ccc2c(c1)-c1ccccc1C2)n1cnc2c(Cl)ncnc21. The third-order valence-electron chi connectivity index (χ3n) is 6.96. The van der Waals surface area contributed by atoms with Gasteiger partial charge in [0.05, 0.1) is 19.1 Å². The molecule has 0 radical (unpaired) electrons. The van der Waals surface area contributed by atoms with Gasteiger partial charge in [0, 0.05) is 13.3 Å². The van der Waals surface area contributed by atoms with Gasteiger partial charge >= 0.3 is 5.97 Å². The number of fused-ring (bicyclic) bond motifs is 4. The van der Waals surface area contributed by atoms with Crippen molar-refractivity contribution >= 4 is 34.6 Å². The smallest absolute Gasteiger partial charge is 0.303 e. The summed E-state index contributed by atoms with van der Waals surface area (Å²) in [5.74, 6) is -2.66. The van der Waals surface area contributed by atoms with Crippen molar-refractivity contribution in [2.75, 3.05) is 6.61 Å². The van der Waals surface area contributed by atoms with Crippen LogP contribution < -0.4 is 5.32 Å². The number of imidazole rings is 1. The van der Waals surface area contributed by atoms with Gasteiger partial charge in [-0.15, -0.1) is 0 Å². The van der Waals surface area contributed by atoms with E-state index in [1.165, 1.54) is 40.8 Å². The Balaban J connectivity index is 1.36. The number of aliphatic hydroxyl groups is 1. The minimum absolute atomic E-state index is 0.0412. The van der Waals surface area contributed by atoms with Crippen LogP contribution in [0.4, 0.5) is 0 Å². The van der Waals surface area contributed by atoms with Crippen LogP contribution in [0.5, 0.6) is 0 Å². The number of amides is 1. The van der Waals surface area contributed by atoms with E-state index in [1.807, 2.05) is 30.3 Å². The number of hydrogen-bond donors (Lipinski definition) is 2. The van der Waals surface area contributed by atoms with Gasteiger partial charge < -0.3 is 19.9 Å². The highest BCUT2D eigenvalue weighted by Crippen LogP contribution is 2.39. The second-order valence-corrected chi connectivity index (χ2v) is 9.81. The number of carbonyl (C=O) groups is 2. The maximum Gasteiger partial charge on any atom is 0.303 e. The molecule has 10 nitrogen and oxygen atoms in total. The molecular formula is C27H24ClN5O5. The maximum atomic E-state index is 13.6. The fourth-order valence-electron chi connectivity index (χ4n) is 5.36. The molecule has 2 N–H and O–H groups in total. The molecule has 2 aromatic heterocycles. The largest absolute Gasteiger partial charge is 0.455 e. The fraction of sp³-hybridized carbons (Fsp3) is 0.296. The Labute approximate surface area is 222 Å². The first-order valence-electron chi connectivity index (χ1n) is 12.2. The molecule has 0 saturated carbocycles. The van der Waals surface area contributed by atoms with E-state index in [2.05, 4.69) is 32.4 Å². The molecule has 1 saturated heterocycles. The Hall–Kier alpha value is -3.86. The molecule has 3 heterocycles. The Morgan fingerprint density at radius 3 is 2.82 bits per heavy atom. The van der Waals surface area contributed by atoms with Crippen LogP contribution in [-0.4, -0.2) is 55.3 Å². The van der Waals surface area contributed by atoms with Gasteiger partial charge in [-0.3, -0.25) is 14.2 Å². The molecule has 38 heavy (non-hydrogen) atoms. The van der Waals surface area contributed by atoms with E-state index < -0.39 is 24.0 Å². The lowest BCUT2D eigenvalue weighted by atomic mass is 10.0. The number of nitrogens with zero attached hydrogens (tertiary/aromatic N) is 4. The number of nitrogens with one attached hydrogen (secondary N) is 1. The molecule has 11 heteroatoms. The molecule has 0 bridgehead atoms. The van der Waals surface area contributed by atoms with Gasteiger partial charge in [0.1, 0.15) is 18.2 Å². The van der Waals surface area contributed by atoms with E-state index in [0.717, 1.165) is 17.5 Å². The summed E-state index contributed by atoms with van der Waals surface area (Å²) in [7, 11) is 0. The fourth-order valence-corrected chi connectivity index (χ4v) is 5.54. The molecule has 1 aliphatic heterocycles. The topological polar surface area (TPSA) is 128 Å². The summed E-state index contributed by atoms with van der Waals surface area (Å²) in [5.41, 5.74) is 6.13. The third-order valence-corrected chi connectivity index (χ3v) is 7.24. The van der Waals surface area contributed by atoms with Crippen LogP contribution in [0, 0.1) is 0 Å². The van der Waals surface area contributed by atoms with Gasteiger partial charge in [0.15, 0.2) is 16.9 Å². The van der Waals surface area contributed by atoms with E-state index in [4.69, 9.17) is 21.1 Å². The van der Waals surface area contributed by atoms with Crippen molar-refractivity contribution in [3.05, 3.63) is 77.0 Å². The maximum absolute atomic E-state index is 13.6.